The van der Waals surface area contributed by atoms with Gasteiger partial charge in [0.1, 0.15) is 0 Å². The molecule has 6 nitrogen and oxygen atoms in total. The van der Waals surface area contributed by atoms with Gasteiger partial charge in [0.05, 0.1) is 0 Å². The van der Waals surface area contributed by atoms with Gasteiger partial charge in [-0.25, -0.2) is 0 Å². The Labute approximate surface area is 171 Å². The van der Waals surface area contributed by atoms with Gasteiger partial charge in [0.15, 0.2) is 0 Å². The molecule has 0 saturated heterocycles. The molecule has 0 amide bonds. The third-order valence-electron chi connectivity index (χ3n) is 4.82. The molecule has 160 valence electrons. The zero-order valence-corrected chi connectivity index (χ0v) is 21.2. The van der Waals surface area contributed by atoms with Crippen molar-refractivity contribution in [3.8, 4) is 0 Å². The molecule has 0 aliphatic rings. The van der Waals surface area contributed by atoms with Crippen molar-refractivity contribution >= 4 is 31.1 Å². The molecule has 0 radical (unpaired) electrons. The molecule has 0 bridgehead atoms. The summed E-state index contributed by atoms with van der Waals surface area (Å²) >= 11 is -3.87. The average molecular weight is 493 g/mol. The molecule has 27 heavy (non-hydrogen) atoms. The zero-order valence-electron chi connectivity index (χ0n) is 18.4. The van der Waals surface area contributed by atoms with Crippen LogP contribution in [0.25, 0.3) is 0 Å². The minimum absolute atomic E-state index is 0.244. The number of rotatable bonds is 16. The van der Waals surface area contributed by atoms with Crippen molar-refractivity contribution in [2.24, 2.45) is 0 Å². The molecule has 0 heterocycles. The van der Waals surface area contributed by atoms with Crippen LogP contribution in [0.4, 0.5) is 0 Å². The van der Waals surface area contributed by atoms with Gasteiger partial charge < -0.3 is 0 Å². The Morgan fingerprint density at radius 1 is 0.741 bits per heavy atom. The summed E-state index contributed by atoms with van der Waals surface area (Å²) in [7, 11) is 3.56. The third-order valence-corrected chi connectivity index (χ3v) is 14.5. The molecule has 2 N–H and O–H groups in total. The first kappa shape index (κ1) is 26.7. The van der Waals surface area contributed by atoms with E-state index in [-0.39, 0.29) is 24.0 Å². The first-order chi connectivity index (χ1) is 12.9. The predicted molar refractivity (Wildman–Crippen MR) is 113 cm³/mol. The molecule has 0 rings (SSSR count). The van der Waals surface area contributed by atoms with E-state index < -0.39 is 19.2 Å². The summed E-state index contributed by atoms with van der Waals surface area (Å²) in [5.41, 5.74) is 0. The van der Waals surface area contributed by atoms with Crippen molar-refractivity contribution in [1.82, 2.24) is 10.6 Å². The van der Waals surface area contributed by atoms with Gasteiger partial charge in [-0.15, -0.1) is 0 Å². The number of carbonyl (C=O) groups excluding carboxylic acids is 2. The number of unbranched alkanes of at least 4 members (excludes halogenated alkanes) is 2. The van der Waals surface area contributed by atoms with Crippen LogP contribution < -0.4 is 10.6 Å². The summed E-state index contributed by atoms with van der Waals surface area (Å²) in [5.74, 6) is -0.488. The Kier molecular flexibility index (Phi) is 15.4. The van der Waals surface area contributed by atoms with Crippen LogP contribution in [-0.2, 0) is 15.7 Å². The van der Waals surface area contributed by atoms with Crippen molar-refractivity contribution in [2.75, 3.05) is 14.1 Å². The molecule has 0 aromatic heterocycles. The van der Waals surface area contributed by atoms with Gasteiger partial charge in [-0.3, -0.25) is 0 Å². The van der Waals surface area contributed by atoms with Gasteiger partial charge in [-0.2, -0.15) is 0 Å². The van der Waals surface area contributed by atoms with Crippen molar-refractivity contribution in [3.63, 3.8) is 0 Å². The van der Waals surface area contributed by atoms with Gasteiger partial charge in [0.2, 0.25) is 0 Å². The van der Waals surface area contributed by atoms with E-state index in [4.69, 9.17) is 6.15 Å². The predicted octanol–water partition coefficient (Wildman–Crippen LogP) is 3.89. The summed E-state index contributed by atoms with van der Waals surface area (Å²) in [4.78, 5) is 25.6. The van der Waals surface area contributed by atoms with Crippen LogP contribution in [0.2, 0.25) is 8.87 Å². The quantitative estimate of drug-likeness (QED) is 0.318. The Bertz CT molecular complexity index is 383. The number of hydrogen-bond donors (Lipinski definition) is 2. The molecular weight excluding hydrogens is 451 g/mol. The number of nitrogens with one attached hydrogen (secondary N) is 2. The second kappa shape index (κ2) is 15.6. The maximum atomic E-state index is 12.8. The Morgan fingerprint density at radius 2 is 1.11 bits per heavy atom. The minimum atomic E-state index is -3.87. The molecule has 0 saturated carbocycles. The SMILES string of the molecule is CCC[CH2][Sn]([CH2]CCC)([O]C(=O)C(CCC)NC)[O]C(=O)C(CCC)NC. The van der Waals surface area contributed by atoms with Crippen molar-refractivity contribution in [1.29, 1.82) is 0 Å². The fourth-order valence-electron chi connectivity index (χ4n) is 3.09. The third kappa shape index (κ3) is 10.1. The van der Waals surface area contributed by atoms with E-state index in [1.807, 2.05) is 13.8 Å². The van der Waals surface area contributed by atoms with Gasteiger partial charge in [-0.1, -0.05) is 0 Å². The van der Waals surface area contributed by atoms with Crippen LogP contribution in [0.1, 0.15) is 79.1 Å². The van der Waals surface area contributed by atoms with E-state index in [1.165, 1.54) is 0 Å². The topological polar surface area (TPSA) is 76.7 Å². The molecular formula is C20H42N2O4Sn. The van der Waals surface area contributed by atoms with Crippen LogP contribution in [0, 0.1) is 0 Å². The van der Waals surface area contributed by atoms with E-state index in [1.54, 1.807) is 14.1 Å². The van der Waals surface area contributed by atoms with Gasteiger partial charge in [-0.05, 0) is 0 Å². The molecule has 2 atom stereocenters. The van der Waals surface area contributed by atoms with Crippen molar-refractivity contribution in [2.45, 2.75) is 100 Å². The van der Waals surface area contributed by atoms with Gasteiger partial charge in [0.25, 0.3) is 0 Å². The van der Waals surface area contributed by atoms with Crippen LogP contribution in [-0.4, -0.2) is 57.3 Å². The number of hydrogen-bond acceptors (Lipinski definition) is 6. The van der Waals surface area contributed by atoms with Crippen molar-refractivity contribution < 1.29 is 15.7 Å². The van der Waals surface area contributed by atoms with Crippen LogP contribution in [0.3, 0.4) is 0 Å². The normalized spacial score (nSPS) is 13.9. The van der Waals surface area contributed by atoms with Crippen LogP contribution >= 0.6 is 0 Å². The Hall–Kier alpha value is -0.341. The molecule has 0 aromatic carbocycles. The summed E-state index contributed by atoms with van der Waals surface area (Å²) in [6.45, 7) is 8.32. The van der Waals surface area contributed by atoms with E-state index in [0.717, 1.165) is 60.2 Å². The standard InChI is InChI=1S/2C6H13NO2.2C4H9.Sn/c2*1-3-4-5(7-2)6(8)9;2*1-3-4-2;/h2*5,7H,3-4H2,1-2H3,(H,8,9);2*1,3-4H2,2H3;/q;;;;+2/p-2. The van der Waals surface area contributed by atoms with E-state index in [0.29, 0.717) is 0 Å². The summed E-state index contributed by atoms with van der Waals surface area (Å²) in [6, 6.07) is -0.660. The van der Waals surface area contributed by atoms with Gasteiger partial charge in [0, 0.05) is 0 Å². The summed E-state index contributed by atoms with van der Waals surface area (Å²) in [5, 5.41) is 6.10. The second-order valence-electron chi connectivity index (χ2n) is 7.22. The van der Waals surface area contributed by atoms with Crippen LogP contribution in [0.15, 0.2) is 0 Å². The van der Waals surface area contributed by atoms with Crippen molar-refractivity contribution in [3.05, 3.63) is 0 Å². The summed E-state index contributed by atoms with van der Waals surface area (Å²) in [6.07, 6.45) is 7.08. The first-order valence-electron chi connectivity index (χ1n) is 10.7. The van der Waals surface area contributed by atoms with E-state index >= 15 is 0 Å². The maximum absolute atomic E-state index is 12.8. The number of carbonyl (C=O) groups is 2. The second-order valence-corrected chi connectivity index (χ2v) is 16.4. The molecule has 0 fully saturated rings. The molecule has 2 unspecified atom stereocenters. The van der Waals surface area contributed by atoms with Crippen LogP contribution in [0.5, 0.6) is 0 Å². The molecule has 0 aliphatic heterocycles. The Morgan fingerprint density at radius 3 is 1.37 bits per heavy atom. The van der Waals surface area contributed by atoms with E-state index in [9.17, 15) is 9.59 Å². The molecule has 0 aromatic rings. The molecule has 0 spiro atoms. The first-order valence-corrected chi connectivity index (χ1v) is 17.1. The molecule has 7 heteroatoms. The Balaban J connectivity index is 5.52. The fraction of sp³-hybridized carbons (Fsp3) is 0.900. The average Bonchev–Trinajstić information content (AvgIpc) is 2.66. The molecule has 0 aliphatic carbocycles. The fourth-order valence-corrected chi connectivity index (χ4v) is 13.1. The van der Waals surface area contributed by atoms with E-state index in [2.05, 4.69) is 24.5 Å². The summed E-state index contributed by atoms with van der Waals surface area (Å²) < 4.78 is 13.7. The zero-order chi connectivity index (χ0) is 20.7. The number of likely N-dealkylation sites (N-methyl/N-ethyl adjacent to an activating group) is 2. The monoisotopic (exact) mass is 494 g/mol. The van der Waals surface area contributed by atoms with Gasteiger partial charge >= 0.3 is 172 Å².